The number of carbonyl (C=O) groups is 2. The van der Waals surface area contributed by atoms with E-state index in [1.54, 1.807) is 17.0 Å². The van der Waals surface area contributed by atoms with Gasteiger partial charge in [-0.15, -0.1) is 0 Å². The van der Waals surface area contributed by atoms with Crippen molar-refractivity contribution >= 4 is 12.2 Å². The summed E-state index contributed by atoms with van der Waals surface area (Å²) in [6.45, 7) is 5.03. The van der Waals surface area contributed by atoms with Crippen molar-refractivity contribution in [3.8, 4) is 11.5 Å². The Labute approximate surface area is 137 Å². The molecule has 1 amide bonds. The fourth-order valence-corrected chi connectivity index (χ4v) is 2.98. The fourth-order valence-electron chi connectivity index (χ4n) is 2.98. The highest BCUT2D eigenvalue weighted by molar-refractivity contribution is 6.02. The summed E-state index contributed by atoms with van der Waals surface area (Å²) in [5, 5.41) is 0. The lowest BCUT2D eigenvalue weighted by atomic mass is 10.1. The molecule has 0 unspecified atom stereocenters. The van der Waals surface area contributed by atoms with Crippen molar-refractivity contribution in [3.63, 3.8) is 0 Å². The molecule has 0 radical (unpaired) electrons. The third-order valence-corrected chi connectivity index (χ3v) is 4.34. The van der Waals surface area contributed by atoms with Gasteiger partial charge in [0, 0.05) is 18.7 Å². The Bertz CT molecular complexity index is 560. The van der Waals surface area contributed by atoms with E-state index in [1.165, 1.54) is 7.11 Å². The van der Waals surface area contributed by atoms with E-state index in [0.717, 1.165) is 25.7 Å². The molecule has 0 bridgehead atoms. The molecule has 5 nitrogen and oxygen atoms in total. The van der Waals surface area contributed by atoms with Crippen LogP contribution in [-0.4, -0.2) is 43.4 Å². The fraction of sp³-hybridized carbons (Fsp3) is 0.556. The minimum absolute atomic E-state index is 0.155. The Morgan fingerprint density at radius 2 is 1.87 bits per heavy atom. The van der Waals surface area contributed by atoms with Gasteiger partial charge in [0.05, 0.1) is 18.8 Å². The Morgan fingerprint density at radius 1 is 1.22 bits per heavy atom. The van der Waals surface area contributed by atoms with Crippen LogP contribution in [0.1, 0.15) is 60.2 Å². The molecular formula is C18H25NO4. The second-order valence-electron chi connectivity index (χ2n) is 5.71. The van der Waals surface area contributed by atoms with Crippen LogP contribution >= 0.6 is 0 Å². The summed E-state index contributed by atoms with van der Waals surface area (Å²) < 4.78 is 11.4. The zero-order chi connectivity index (χ0) is 16.8. The Hall–Kier alpha value is -2.04. The second kappa shape index (κ2) is 7.99. The van der Waals surface area contributed by atoms with Gasteiger partial charge < -0.3 is 14.4 Å². The number of hydrogen-bond acceptors (Lipinski definition) is 4. The molecule has 0 N–H and O–H groups in total. The highest BCUT2D eigenvalue weighted by Gasteiger charge is 2.23. The first-order valence-electron chi connectivity index (χ1n) is 8.27. The maximum Gasteiger partial charge on any atom is 0.254 e. The summed E-state index contributed by atoms with van der Waals surface area (Å²) >= 11 is 0. The predicted molar refractivity (Wildman–Crippen MR) is 88.5 cm³/mol. The van der Waals surface area contributed by atoms with Crippen molar-refractivity contribution < 1.29 is 19.1 Å². The summed E-state index contributed by atoms with van der Waals surface area (Å²) in [5.74, 6) is 0.881. The largest absolute Gasteiger partial charge is 0.493 e. The molecule has 1 saturated carbocycles. The maximum absolute atomic E-state index is 12.6. The van der Waals surface area contributed by atoms with Gasteiger partial charge >= 0.3 is 0 Å². The molecule has 1 aromatic carbocycles. The van der Waals surface area contributed by atoms with E-state index in [2.05, 4.69) is 0 Å². The quantitative estimate of drug-likeness (QED) is 0.724. The van der Waals surface area contributed by atoms with Crippen LogP contribution in [0.4, 0.5) is 0 Å². The summed E-state index contributed by atoms with van der Waals surface area (Å²) in [7, 11) is 1.54. The zero-order valence-electron chi connectivity index (χ0n) is 14.1. The summed E-state index contributed by atoms with van der Waals surface area (Å²) in [6, 6.07) is 3.25. The van der Waals surface area contributed by atoms with Crippen LogP contribution in [0.15, 0.2) is 12.1 Å². The molecule has 1 fully saturated rings. The van der Waals surface area contributed by atoms with E-state index in [4.69, 9.17) is 9.47 Å². The van der Waals surface area contributed by atoms with Crippen molar-refractivity contribution in [2.24, 2.45) is 0 Å². The van der Waals surface area contributed by atoms with Crippen LogP contribution in [-0.2, 0) is 0 Å². The molecule has 0 aliphatic heterocycles. The monoisotopic (exact) mass is 319 g/mol. The lowest BCUT2D eigenvalue weighted by Gasteiger charge is -2.22. The number of aldehydes is 1. The van der Waals surface area contributed by atoms with Crippen molar-refractivity contribution in [3.05, 3.63) is 23.3 Å². The number of nitrogens with zero attached hydrogens (tertiary/aromatic N) is 1. The van der Waals surface area contributed by atoms with E-state index < -0.39 is 0 Å². The summed E-state index contributed by atoms with van der Waals surface area (Å²) in [4.78, 5) is 25.7. The number of rotatable bonds is 7. The number of methoxy groups -OCH3 is 1. The van der Waals surface area contributed by atoms with E-state index in [1.807, 2.05) is 13.8 Å². The third kappa shape index (κ3) is 3.84. The van der Waals surface area contributed by atoms with Gasteiger partial charge in [0.2, 0.25) is 0 Å². The lowest BCUT2D eigenvalue weighted by Crippen LogP contribution is -2.31. The highest BCUT2D eigenvalue weighted by Crippen LogP contribution is 2.34. The zero-order valence-corrected chi connectivity index (χ0v) is 14.1. The number of ether oxygens (including phenoxy) is 2. The second-order valence-corrected chi connectivity index (χ2v) is 5.71. The van der Waals surface area contributed by atoms with Crippen molar-refractivity contribution in [2.75, 3.05) is 20.2 Å². The minimum Gasteiger partial charge on any atom is -0.493 e. The Balaban J connectivity index is 2.39. The van der Waals surface area contributed by atoms with Crippen LogP contribution < -0.4 is 9.47 Å². The lowest BCUT2D eigenvalue weighted by molar-refractivity contribution is 0.0769. The summed E-state index contributed by atoms with van der Waals surface area (Å²) in [5.41, 5.74) is 0.704. The van der Waals surface area contributed by atoms with Crippen molar-refractivity contribution in [2.45, 2.75) is 45.6 Å². The van der Waals surface area contributed by atoms with E-state index in [9.17, 15) is 9.59 Å². The van der Waals surface area contributed by atoms with Gasteiger partial charge in [-0.2, -0.15) is 0 Å². The molecule has 0 aromatic heterocycles. The molecule has 1 aliphatic rings. The molecule has 2 rings (SSSR count). The molecule has 1 aliphatic carbocycles. The van der Waals surface area contributed by atoms with E-state index >= 15 is 0 Å². The number of hydrogen-bond donors (Lipinski definition) is 0. The van der Waals surface area contributed by atoms with Crippen LogP contribution in [0.25, 0.3) is 0 Å². The van der Waals surface area contributed by atoms with E-state index in [-0.39, 0.29) is 12.0 Å². The molecule has 0 heterocycles. The average Bonchev–Trinajstić information content (AvgIpc) is 3.08. The van der Waals surface area contributed by atoms with Crippen LogP contribution in [0, 0.1) is 0 Å². The first-order chi connectivity index (χ1) is 11.1. The predicted octanol–water partition coefficient (Wildman–Crippen LogP) is 3.31. The van der Waals surface area contributed by atoms with Crippen LogP contribution in [0.5, 0.6) is 11.5 Å². The molecule has 0 saturated heterocycles. The first-order valence-corrected chi connectivity index (χ1v) is 8.27. The number of benzene rings is 1. The third-order valence-electron chi connectivity index (χ3n) is 4.34. The maximum atomic E-state index is 12.6. The number of amides is 1. The SMILES string of the molecule is CCN(CC)C(=O)c1cc(OC2CCCC2)c(OC)cc1C=O. The normalized spacial score (nSPS) is 14.6. The van der Waals surface area contributed by atoms with Gasteiger partial charge in [-0.05, 0) is 51.7 Å². The smallest absolute Gasteiger partial charge is 0.254 e. The van der Waals surface area contributed by atoms with Crippen LogP contribution in [0.3, 0.4) is 0 Å². The summed E-state index contributed by atoms with van der Waals surface area (Å²) in [6.07, 6.45) is 5.19. The molecule has 0 spiro atoms. The van der Waals surface area contributed by atoms with Crippen LogP contribution in [0.2, 0.25) is 0 Å². The van der Waals surface area contributed by atoms with Crippen molar-refractivity contribution in [1.82, 2.24) is 4.90 Å². The minimum atomic E-state index is -0.156. The molecule has 5 heteroatoms. The molecule has 23 heavy (non-hydrogen) atoms. The topological polar surface area (TPSA) is 55.8 Å². The van der Waals surface area contributed by atoms with Gasteiger partial charge in [-0.25, -0.2) is 0 Å². The van der Waals surface area contributed by atoms with Gasteiger partial charge in [0.15, 0.2) is 17.8 Å². The highest BCUT2D eigenvalue weighted by atomic mass is 16.5. The standard InChI is InChI=1S/C18H25NO4/c1-4-19(5-2)18(21)15-11-17(23-14-8-6-7-9-14)16(22-3)10-13(15)12-20/h10-12,14H,4-9H2,1-3H3. The molecule has 1 aromatic rings. The van der Waals surface area contributed by atoms with Gasteiger partial charge in [-0.1, -0.05) is 0 Å². The van der Waals surface area contributed by atoms with Gasteiger partial charge in [0.25, 0.3) is 5.91 Å². The molecular weight excluding hydrogens is 294 g/mol. The first kappa shape index (κ1) is 17.3. The van der Waals surface area contributed by atoms with E-state index in [0.29, 0.717) is 42.0 Å². The molecule has 126 valence electrons. The van der Waals surface area contributed by atoms with Gasteiger partial charge in [-0.3, -0.25) is 9.59 Å². The Kier molecular flexibility index (Phi) is 6.02. The van der Waals surface area contributed by atoms with Gasteiger partial charge in [0.1, 0.15) is 0 Å². The number of carbonyl (C=O) groups excluding carboxylic acids is 2. The average molecular weight is 319 g/mol. The molecule has 0 atom stereocenters. The van der Waals surface area contributed by atoms with Crippen molar-refractivity contribution in [1.29, 1.82) is 0 Å². The Morgan fingerprint density at radius 3 is 2.39 bits per heavy atom.